The van der Waals surface area contributed by atoms with E-state index < -0.39 is 0 Å². The minimum Gasteiger partial charge on any atom is -0.307 e. The first-order chi connectivity index (χ1) is 7.29. The molecule has 0 atom stereocenters. The summed E-state index contributed by atoms with van der Waals surface area (Å²) in [4.78, 5) is 10.5. The van der Waals surface area contributed by atoms with E-state index in [9.17, 15) is 9.18 Å². The average Bonchev–Trinajstić information content (AvgIpc) is 2.69. The number of hydrogen-bond donors (Lipinski definition) is 0. The number of rotatable bonds is 3. The van der Waals surface area contributed by atoms with Crippen LogP contribution < -0.4 is 0 Å². The molecule has 0 N–H and O–H groups in total. The Balaban J connectivity index is 2.21. The van der Waals surface area contributed by atoms with Crippen LogP contribution in [0.1, 0.15) is 16.2 Å². The molecule has 1 aromatic heterocycles. The summed E-state index contributed by atoms with van der Waals surface area (Å²) in [5, 5.41) is 7.23. The molecule has 1 aromatic carbocycles. The number of aromatic nitrogens is 3. The monoisotopic (exact) mass is 205 g/mol. The zero-order chi connectivity index (χ0) is 10.7. The summed E-state index contributed by atoms with van der Waals surface area (Å²) in [6.45, 7) is 0.460. The van der Waals surface area contributed by atoms with Crippen molar-refractivity contribution in [2.45, 2.75) is 6.54 Å². The predicted molar refractivity (Wildman–Crippen MR) is 50.9 cm³/mol. The van der Waals surface area contributed by atoms with Crippen LogP contribution in [0.15, 0.2) is 30.6 Å². The van der Waals surface area contributed by atoms with Crippen LogP contribution in [-0.2, 0) is 6.54 Å². The first-order valence-electron chi connectivity index (χ1n) is 4.37. The highest BCUT2D eigenvalue weighted by atomic mass is 19.1. The number of halogens is 1. The standard InChI is InChI=1S/C10H8FN3O/c11-9-3-1-8(2-4-9)5-14-7-12-13-10(14)6-15/h1-4,6-7H,5H2. The van der Waals surface area contributed by atoms with E-state index in [1.54, 1.807) is 16.7 Å². The van der Waals surface area contributed by atoms with Crippen LogP contribution in [-0.4, -0.2) is 21.1 Å². The van der Waals surface area contributed by atoms with Crippen LogP contribution in [0.2, 0.25) is 0 Å². The van der Waals surface area contributed by atoms with Crippen LogP contribution >= 0.6 is 0 Å². The Morgan fingerprint density at radius 3 is 2.73 bits per heavy atom. The van der Waals surface area contributed by atoms with Gasteiger partial charge in [0.1, 0.15) is 12.1 Å². The number of aldehydes is 1. The lowest BCUT2D eigenvalue weighted by Crippen LogP contribution is -2.03. The molecule has 15 heavy (non-hydrogen) atoms. The van der Waals surface area contributed by atoms with E-state index in [4.69, 9.17) is 0 Å². The quantitative estimate of drug-likeness (QED) is 0.709. The Kier molecular flexibility index (Phi) is 2.53. The molecule has 2 aromatic rings. The maximum Gasteiger partial charge on any atom is 0.196 e. The van der Waals surface area contributed by atoms with Crippen molar-refractivity contribution in [1.29, 1.82) is 0 Å². The van der Waals surface area contributed by atoms with Crippen LogP contribution in [0.25, 0.3) is 0 Å². The van der Waals surface area contributed by atoms with E-state index in [2.05, 4.69) is 10.2 Å². The zero-order valence-electron chi connectivity index (χ0n) is 7.80. The molecular formula is C10H8FN3O. The fourth-order valence-corrected chi connectivity index (χ4v) is 1.26. The van der Waals surface area contributed by atoms with Gasteiger partial charge in [0, 0.05) is 0 Å². The minimum absolute atomic E-state index is 0.263. The van der Waals surface area contributed by atoms with Gasteiger partial charge < -0.3 is 4.57 Å². The Morgan fingerprint density at radius 2 is 2.07 bits per heavy atom. The van der Waals surface area contributed by atoms with Crippen molar-refractivity contribution in [3.63, 3.8) is 0 Å². The fourth-order valence-electron chi connectivity index (χ4n) is 1.26. The highest BCUT2D eigenvalue weighted by Gasteiger charge is 2.02. The third-order valence-corrected chi connectivity index (χ3v) is 2.02. The molecule has 0 amide bonds. The van der Waals surface area contributed by atoms with E-state index in [-0.39, 0.29) is 11.6 Å². The summed E-state index contributed by atoms with van der Waals surface area (Å²) in [6.07, 6.45) is 2.10. The average molecular weight is 205 g/mol. The van der Waals surface area contributed by atoms with E-state index in [0.717, 1.165) is 5.56 Å². The van der Waals surface area contributed by atoms with Gasteiger partial charge in [0.05, 0.1) is 6.54 Å². The molecular weight excluding hydrogens is 197 g/mol. The Hall–Kier alpha value is -2.04. The molecule has 0 radical (unpaired) electrons. The van der Waals surface area contributed by atoms with Gasteiger partial charge in [0.15, 0.2) is 12.1 Å². The van der Waals surface area contributed by atoms with E-state index in [1.807, 2.05) is 0 Å². The second kappa shape index (κ2) is 4.00. The van der Waals surface area contributed by atoms with Gasteiger partial charge in [-0.05, 0) is 17.7 Å². The van der Waals surface area contributed by atoms with Gasteiger partial charge in [-0.2, -0.15) is 0 Å². The third kappa shape index (κ3) is 2.07. The molecule has 0 fully saturated rings. The summed E-state index contributed by atoms with van der Waals surface area (Å²) >= 11 is 0. The lowest BCUT2D eigenvalue weighted by molar-refractivity contribution is 0.111. The highest BCUT2D eigenvalue weighted by Crippen LogP contribution is 2.05. The molecule has 5 heteroatoms. The molecule has 0 saturated carbocycles. The van der Waals surface area contributed by atoms with Crippen molar-refractivity contribution in [2.24, 2.45) is 0 Å². The molecule has 0 aliphatic rings. The van der Waals surface area contributed by atoms with Crippen LogP contribution in [0, 0.1) is 5.82 Å². The molecule has 0 unspecified atom stereocenters. The normalized spacial score (nSPS) is 10.2. The van der Waals surface area contributed by atoms with E-state index >= 15 is 0 Å². The summed E-state index contributed by atoms with van der Waals surface area (Å²) in [7, 11) is 0. The van der Waals surface area contributed by atoms with Gasteiger partial charge >= 0.3 is 0 Å². The van der Waals surface area contributed by atoms with Gasteiger partial charge in [0.25, 0.3) is 0 Å². The molecule has 4 nitrogen and oxygen atoms in total. The maximum atomic E-state index is 12.6. The number of carbonyl (C=O) groups excluding carboxylic acids is 1. The first-order valence-corrected chi connectivity index (χ1v) is 4.37. The Morgan fingerprint density at radius 1 is 1.33 bits per heavy atom. The molecule has 0 spiro atoms. The van der Waals surface area contributed by atoms with Crippen LogP contribution in [0.4, 0.5) is 4.39 Å². The van der Waals surface area contributed by atoms with Crippen LogP contribution in [0.5, 0.6) is 0 Å². The first kappa shape index (κ1) is 9.51. The summed E-state index contributed by atoms with van der Waals surface area (Å²) in [5.41, 5.74) is 0.888. The minimum atomic E-state index is -0.280. The molecule has 0 saturated heterocycles. The summed E-state index contributed by atoms with van der Waals surface area (Å²) in [5.74, 6) is -0.0163. The number of carbonyl (C=O) groups is 1. The molecule has 76 valence electrons. The Bertz CT molecular complexity index is 464. The lowest BCUT2D eigenvalue weighted by Gasteiger charge is -2.02. The summed E-state index contributed by atoms with van der Waals surface area (Å²) < 4.78 is 14.2. The highest BCUT2D eigenvalue weighted by molar-refractivity contribution is 5.68. The van der Waals surface area contributed by atoms with Crippen molar-refractivity contribution in [3.8, 4) is 0 Å². The lowest BCUT2D eigenvalue weighted by atomic mass is 10.2. The second-order valence-corrected chi connectivity index (χ2v) is 3.06. The largest absolute Gasteiger partial charge is 0.307 e. The number of hydrogen-bond acceptors (Lipinski definition) is 3. The molecule has 1 heterocycles. The smallest absolute Gasteiger partial charge is 0.196 e. The number of benzene rings is 1. The maximum absolute atomic E-state index is 12.6. The molecule has 0 bridgehead atoms. The van der Waals surface area contributed by atoms with Crippen molar-refractivity contribution < 1.29 is 9.18 Å². The van der Waals surface area contributed by atoms with Gasteiger partial charge in [0.2, 0.25) is 0 Å². The van der Waals surface area contributed by atoms with E-state index in [0.29, 0.717) is 12.8 Å². The van der Waals surface area contributed by atoms with Gasteiger partial charge in [-0.25, -0.2) is 4.39 Å². The van der Waals surface area contributed by atoms with Crippen molar-refractivity contribution in [2.75, 3.05) is 0 Å². The molecule has 0 aliphatic carbocycles. The van der Waals surface area contributed by atoms with Crippen molar-refractivity contribution >= 4 is 6.29 Å². The number of nitrogens with zero attached hydrogens (tertiary/aromatic N) is 3. The van der Waals surface area contributed by atoms with Crippen LogP contribution in [0.3, 0.4) is 0 Å². The second-order valence-electron chi connectivity index (χ2n) is 3.06. The van der Waals surface area contributed by atoms with Gasteiger partial charge in [-0.1, -0.05) is 12.1 Å². The predicted octanol–water partition coefficient (Wildman–Crippen LogP) is 1.28. The molecule has 0 aliphatic heterocycles. The van der Waals surface area contributed by atoms with E-state index in [1.165, 1.54) is 18.5 Å². The van der Waals surface area contributed by atoms with Crippen molar-refractivity contribution in [1.82, 2.24) is 14.8 Å². The SMILES string of the molecule is O=Cc1nncn1Cc1ccc(F)cc1. The van der Waals surface area contributed by atoms with Gasteiger partial charge in [-0.3, -0.25) is 4.79 Å². The van der Waals surface area contributed by atoms with Crippen molar-refractivity contribution in [3.05, 3.63) is 47.8 Å². The van der Waals surface area contributed by atoms with Gasteiger partial charge in [-0.15, -0.1) is 10.2 Å². The molecule has 2 rings (SSSR count). The third-order valence-electron chi connectivity index (χ3n) is 2.02. The summed E-state index contributed by atoms with van der Waals surface area (Å²) in [6, 6.07) is 6.06. The zero-order valence-corrected chi connectivity index (χ0v) is 7.80. The topological polar surface area (TPSA) is 47.8 Å². The fraction of sp³-hybridized carbons (Fsp3) is 0.100. The Labute approximate surface area is 85.4 Å².